The average molecular weight is 868 g/mol. The summed E-state index contributed by atoms with van der Waals surface area (Å²) < 4.78 is 7.35. The Morgan fingerprint density at radius 2 is 0.926 bits per heavy atom. The number of fused-ring (bicyclic) bond motifs is 13. The molecule has 0 amide bonds. The number of hydrogen-bond acceptors (Lipinski definition) is 2. The lowest BCUT2D eigenvalue weighted by atomic mass is 9.69. The second-order valence-corrected chi connectivity index (χ2v) is 18.1. The molecule has 318 valence electrons. The first kappa shape index (κ1) is 38.5. The van der Waals surface area contributed by atoms with Gasteiger partial charge >= 0.3 is 0 Å². The van der Waals surface area contributed by atoms with Gasteiger partial charge < -0.3 is 9.32 Å². The first-order valence-electron chi connectivity index (χ1n) is 23.5. The number of hydrogen-bond donors (Lipinski definition) is 0. The summed E-state index contributed by atoms with van der Waals surface area (Å²) in [6.45, 7) is 0. The Morgan fingerprint density at radius 1 is 0.382 bits per heavy atom. The Hall–Kier alpha value is -8.76. The molecule has 11 aromatic rings. The minimum absolute atomic E-state index is 0.400. The summed E-state index contributed by atoms with van der Waals surface area (Å²) in [4.78, 5) is 2.47. The number of para-hydroxylation sites is 3. The van der Waals surface area contributed by atoms with E-state index in [2.05, 4.69) is 266 Å². The summed E-state index contributed by atoms with van der Waals surface area (Å²) in [5.74, 6) is 0. The number of nitrogens with zero attached hydrogens (tertiary/aromatic N) is 2. The fourth-order valence-electron chi connectivity index (χ4n) is 11.9. The molecule has 0 fully saturated rings. The molecule has 14 rings (SSSR count). The van der Waals surface area contributed by atoms with Crippen LogP contribution in [0.2, 0.25) is 0 Å². The lowest BCUT2D eigenvalue weighted by Crippen LogP contribution is -2.35. The number of benzene rings is 10. The summed E-state index contributed by atoms with van der Waals surface area (Å²) in [6.07, 6.45) is 4.90. The maximum absolute atomic E-state index is 6.95. The highest BCUT2D eigenvalue weighted by molar-refractivity contribution is 6.14. The zero-order chi connectivity index (χ0) is 44.8. The van der Waals surface area contributed by atoms with Crippen molar-refractivity contribution in [2.24, 2.45) is 0 Å². The molecule has 1 aromatic heterocycles. The van der Waals surface area contributed by atoms with Crippen LogP contribution in [-0.4, -0.2) is 0 Å². The van der Waals surface area contributed by atoms with Gasteiger partial charge in [0, 0.05) is 63.6 Å². The van der Waals surface area contributed by atoms with Crippen molar-refractivity contribution in [1.29, 1.82) is 0 Å². The maximum Gasteiger partial charge on any atom is 0.162 e. The zero-order valence-electron chi connectivity index (χ0n) is 37.1. The second kappa shape index (κ2) is 14.9. The van der Waals surface area contributed by atoms with Gasteiger partial charge in [-0.2, -0.15) is 4.48 Å². The fourth-order valence-corrected chi connectivity index (χ4v) is 11.9. The van der Waals surface area contributed by atoms with Crippen molar-refractivity contribution in [3.8, 4) is 33.4 Å². The van der Waals surface area contributed by atoms with Crippen molar-refractivity contribution >= 4 is 56.1 Å². The van der Waals surface area contributed by atoms with Crippen LogP contribution >= 0.6 is 0 Å². The smallest absolute Gasteiger partial charge is 0.162 e. The second-order valence-electron chi connectivity index (χ2n) is 18.1. The van der Waals surface area contributed by atoms with Gasteiger partial charge in [-0.3, -0.25) is 0 Å². The lowest BCUT2D eigenvalue weighted by molar-refractivity contribution is 0.669. The van der Waals surface area contributed by atoms with E-state index in [1.165, 1.54) is 66.9 Å². The molecule has 0 radical (unpaired) electrons. The Kier molecular flexibility index (Phi) is 8.43. The molecule has 3 nitrogen and oxygen atoms in total. The summed E-state index contributed by atoms with van der Waals surface area (Å²) in [7, 11) is 0. The Labute approximate surface area is 395 Å². The monoisotopic (exact) mass is 867 g/mol. The molecule has 2 heterocycles. The third kappa shape index (κ3) is 5.33. The van der Waals surface area contributed by atoms with E-state index in [-0.39, 0.29) is 0 Å². The first-order valence-corrected chi connectivity index (χ1v) is 23.5. The summed E-state index contributed by atoms with van der Waals surface area (Å²) in [5.41, 5.74) is 21.4. The molecule has 3 heteroatoms. The topological polar surface area (TPSA) is 16.4 Å². The molecule has 2 unspecified atom stereocenters. The number of quaternary nitrogens is 1. The molecular formula is C65H43N2O+. The van der Waals surface area contributed by atoms with E-state index in [0.29, 0.717) is 4.48 Å². The van der Waals surface area contributed by atoms with Crippen molar-refractivity contribution < 1.29 is 4.42 Å². The van der Waals surface area contributed by atoms with E-state index in [0.717, 1.165) is 50.4 Å². The van der Waals surface area contributed by atoms with Crippen molar-refractivity contribution in [3.05, 3.63) is 289 Å². The molecule has 3 aliphatic rings. The van der Waals surface area contributed by atoms with E-state index in [4.69, 9.17) is 4.42 Å². The summed E-state index contributed by atoms with van der Waals surface area (Å²) >= 11 is 0. The lowest BCUT2D eigenvalue weighted by Gasteiger charge is -2.36. The Balaban J connectivity index is 1.10. The summed E-state index contributed by atoms with van der Waals surface area (Å²) in [6, 6.07) is 90.9. The molecule has 2 atom stereocenters. The van der Waals surface area contributed by atoms with Crippen LogP contribution < -0.4 is 9.38 Å². The van der Waals surface area contributed by atoms with Gasteiger partial charge in [0.2, 0.25) is 0 Å². The van der Waals surface area contributed by atoms with Gasteiger partial charge in [0.05, 0.1) is 16.7 Å². The van der Waals surface area contributed by atoms with Crippen LogP contribution in [-0.2, 0) is 5.41 Å². The van der Waals surface area contributed by atoms with Gasteiger partial charge in [-0.1, -0.05) is 176 Å². The van der Waals surface area contributed by atoms with E-state index in [9.17, 15) is 0 Å². The van der Waals surface area contributed by atoms with Gasteiger partial charge in [0.25, 0.3) is 0 Å². The molecule has 0 N–H and O–H groups in total. The molecule has 0 bridgehead atoms. The van der Waals surface area contributed by atoms with Gasteiger partial charge in [0.15, 0.2) is 5.70 Å². The van der Waals surface area contributed by atoms with Crippen LogP contribution in [0.15, 0.2) is 271 Å². The minimum Gasteiger partial charge on any atom is -0.455 e. The third-order valence-electron chi connectivity index (χ3n) is 14.7. The molecule has 2 aliphatic carbocycles. The quantitative estimate of drug-likeness (QED) is 0.148. The average Bonchev–Trinajstić information content (AvgIpc) is 4.16. The van der Waals surface area contributed by atoms with E-state index in [1.807, 2.05) is 0 Å². The molecular weight excluding hydrogens is 825 g/mol. The molecule has 1 aliphatic heterocycles. The zero-order valence-corrected chi connectivity index (χ0v) is 37.1. The van der Waals surface area contributed by atoms with Crippen LogP contribution in [0.5, 0.6) is 0 Å². The van der Waals surface area contributed by atoms with E-state index in [1.54, 1.807) is 0 Å². The number of furan rings is 1. The van der Waals surface area contributed by atoms with Crippen molar-refractivity contribution in [2.75, 3.05) is 4.90 Å². The Morgan fingerprint density at radius 3 is 1.65 bits per heavy atom. The molecule has 68 heavy (non-hydrogen) atoms. The molecule has 0 saturated carbocycles. The van der Waals surface area contributed by atoms with Gasteiger partial charge in [-0.05, 0) is 93.0 Å². The summed E-state index contributed by atoms with van der Waals surface area (Å²) in [5, 5.41) is 2.27. The third-order valence-corrected chi connectivity index (χ3v) is 14.7. The number of rotatable bonds is 7. The maximum atomic E-state index is 6.95. The largest absolute Gasteiger partial charge is 0.455 e. The molecule has 10 aromatic carbocycles. The molecule has 1 spiro atoms. The van der Waals surface area contributed by atoms with E-state index >= 15 is 0 Å². The first-order chi connectivity index (χ1) is 33.7. The fraction of sp³-hybridized carbons (Fsp3) is 0.0154. The van der Waals surface area contributed by atoms with Crippen LogP contribution in [0.25, 0.3) is 61.0 Å². The van der Waals surface area contributed by atoms with Gasteiger partial charge in [-0.25, -0.2) is 0 Å². The van der Waals surface area contributed by atoms with E-state index < -0.39 is 5.41 Å². The highest BCUT2D eigenvalue weighted by atomic mass is 16.3. The van der Waals surface area contributed by atoms with Crippen LogP contribution in [0, 0.1) is 0 Å². The Bertz CT molecular complexity index is 3820. The van der Waals surface area contributed by atoms with Crippen molar-refractivity contribution in [3.63, 3.8) is 0 Å². The van der Waals surface area contributed by atoms with Crippen molar-refractivity contribution in [1.82, 2.24) is 4.48 Å². The predicted octanol–water partition coefficient (Wildman–Crippen LogP) is 17.3. The predicted molar refractivity (Wildman–Crippen MR) is 281 cm³/mol. The highest BCUT2D eigenvalue weighted by Crippen LogP contribution is 2.69. The standard InChI is InChI=1S/C65H43N2O/c1-5-18-44(19-6-1)46-32-36-49(37-33-46)66(48-22-9-3-10-23-48)59-30-17-29-56-62(59)63-58(42-43-67(63,50-24-11-4-12-25-50)51-38-34-47(35-39-51)45-20-7-2-8-21-45)65(56)55-28-15-13-27-54(55)61-57(65)41-40-53-52-26-14-16-31-60(52)68-64(53)61/h1-43H/q+1. The highest BCUT2D eigenvalue weighted by Gasteiger charge is 2.61. The van der Waals surface area contributed by atoms with Gasteiger partial charge in [-0.15, -0.1) is 0 Å². The minimum atomic E-state index is -0.672. The van der Waals surface area contributed by atoms with Gasteiger partial charge in [0.1, 0.15) is 28.7 Å². The van der Waals surface area contributed by atoms with Crippen LogP contribution in [0.1, 0.15) is 22.3 Å². The van der Waals surface area contributed by atoms with Crippen LogP contribution in [0.4, 0.5) is 28.4 Å². The molecule has 0 saturated heterocycles. The van der Waals surface area contributed by atoms with Crippen molar-refractivity contribution in [2.45, 2.75) is 5.41 Å². The number of allylic oxidation sites excluding steroid dienone is 2. The SMILES string of the molecule is C1=C[N+](c2ccccc2)(c2ccc(-c3ccccc3)cc2)C2=C1C1(c3ccccc3-c3c1ccc1c3oc3ccccc31)c1cccc(N(c3ccccc3)c3ccc(-c4ccccc4)cc3)c12. The normalized spacial score (nSPS) is 17.4. The van der Waals surface area contributed by atoms with Crippen LogP contribution in [0.3, 0.4) is 0 Å². The number of anilines is 3.